The molecule has 4 fully saturated rings. The number of carbonyl (C=O) groups excluding carboxylic acids is 5. The number of esters is 3. The molecule has 4 aromatic rings. The summed E-state index contributed by atoms with van der Waals surface area (Å²) in [6, 6.07) is 25.9. The van der Waals surface area contributed by atoms with Gasteiger partial charge in [0.15, 0.2) is 30.4 Å². The maximum absolute atomic E-state index is 15.2. The fourth-order valence-corrected chi connectivity index (χ4v) is 12.7. The molecule has 0 spiro atoms. The SMILES string of the molecule is CC[C@H]1OC(=O)[C@H](C)[C@@H](OC2C[C@@](C)(OC)[C@@H](OC(=O)c3ccccc3)[C@H](C)O2)[C@H](C)[C@@H](OC2O[C@H](C)C[C@H](N(C)C)[C@H]2OC(=O)c2ccccc2)[C@@](C)(OC/C=C/c2cnc3ccccc3c2)C[C@H](C)C(=O)[C@H](C)[C@H]2NC(=O)O[C@@]21C. The largest absolute Gasteiger partial charge is 0.458 e. The van der Waals surface area contributed by atoms with Crippen LogP contribution in [0.3, 0.4) is 0 Å². The Morgan fingerprint density at radius 3 is 2.07 bits per heavy atom. The number of likely N-dealkylation sites (N-methyl/N-ethyl adjacent to an activating group) is 1. The number of nitrogens with zero attached hydrogens (tertiary/aromatic N) is 2. The molecule has 0 radical (unpaired) electrons. The van der Waals surface area contributed by atoms with Crippen molar-refractivity contribution in [3.8, 4) is 0 Å². The van der Waals surface area contributed by atoms with E-state index in [-0.39, 0.29) is 31.7 Å². The van der Waals surface area contributed by atoms with Crippen LogP contribution in [-0.2, 0) is 57.0 Å². The number of amides is 1. The van der Waals surface area contributed by atoms with Crippen LogP contribution < -0.4 is 5.32 Å². The number of benzene rings is 3. The summed E-state index contributed by atoms with van der Waals surface area (Å²) in [6.07, 6.45) is -3.16. The van der Waals surface area contributed by atoms with E-state index >= 15 is 9.59 Å². The first-order valence-corrected chi connectivity index (χ1v) is 28.7. The van der Waals surface area contributed by atoms with E-state index in [0.29, 0.717) is 17.5 Å². The first-order chi connectivity index (χ1) is 39.0. The molecule has 5 heterocycles. The number of ketones is 1. The Bertz CT molecular complexity index is 2890. The quantitative estimate of drug-likeness (QED) is 0.0869. The molecule has 1 N–H and O–H groups in total. The second kappa shape index (κ2) is 26.2. The topological polar surface area (TPSA) is 206 Å². The second-order valence-electron chi connectivity index (χ2n) is 23.6. The predicted octanol–water partition coefficient (Wildman–Crippen LogP) is 9.56. The molecule has 4 saturated heterocycles. The summed E-state index contributed by atoms with van der Waals surface area (Å²) in [5.74, 6) is -5.64. The minimum absolute atomic E-state index is 0.00543. The van der Waals surface area contributed by atoms with Gasteiger partial charge in [0.05, 0.1) is 71.3 Å². The van der Waals surface area contributed by atoms with E-state index in [4.69, 9.17) is 47.4 Å². The molecule has 4 aliphatic rings. The number of fused-ring (bicyclic) bond motifs is 2. The van der Waals surface area contributed by atoms with Gasteiger partial charge in [-0.15, -0.1) is 0 Å². The van der Waals surface area contributed by atoms with E-state index in [9.17, 15) is 14.4 Å². The number of alkyl carbamates (subject to hydrolysis) is 1. The number of hydrogen-bond donors (Lipinski definition) is 1. The first kappa shape index (κ1) is 61.9. The lowest BCUT2D eigenvalue weighted by atomic mass is 9.73. The van der Waals surface area contributed by atoms with Gasteiger partial charge in [0.25, 0.3) is 0 Å². The zero-order valence-corrected chi connectivity index (χ0v) is 49.6. The minimum atomic E-state index is -1.47. The van der Waals surface area contributed by atoms with Crippen LogP contribution in [0.4, 0.5) is 4.79 Å². The number of pyridine rings is 1. The highest BCUT2D eigenvalue weighted by atomic mass is 16.7. The highest BCUT2D eigenvalue weighted by Crippen LogP contribution is 2.44. The summed E-state index contributed by atoms with van der Waals surface area (Å²) in [6.45, 7) is 18.0. The molecular weight excluding hydrogens is 1050 g/mol. The molecule has 8 rings (SSSR count). The Hall–Kier alpha value is -6.12. The number of rotatable bonds is 15. The van der Waals surface area contributed by atoms with Gasteiger partial charge in [0.2, 0.25) is 0 Å². The molecule has 0 aliphatic carbocycles. The number of aromatic nitrogens is 1. The van der Waals surface area contributed by atoms with Crippen molar-refractivity contribution in [1.29, 1.82) is 0 Å². The van der Waals surface area contributed by atoms with Crippen molar-refractivity contribution < 1.29 is 71.3 Å². The van der Waals surface area contributed by atoms with Crippen LogP contribution in [0.2, 0.25) is 0 Å². The number of para-hydroxylation sites is 1. The van der Waals surface area contributed by atoms with Crippen LogP contribution >= 0.6 is 0 Å². The highest BCUT2D eigenvalue weighted by molar-refractivity contribution is 5.90. The summed E-state index contributed by atoms with van der Waals surface area (Å²) >= 11 is 0. The van der Waals surface area contributed by atoms with Crippen molar-refractivity contribution in [3.05, 3.63) is 120 Å². The maximum Gasteiger partial charge on any atom is 0.408 e. The first-order valence-electron chi connectivity index (χ1n) is 28.7. The molecule has 1 aromatic heterocycles. The third-order valence-corrected chi connectivity index (χ3v) is 17.3. The fraction of sp³-hybridized carbons (Fsp3) is 0.562. The summed E-state index contributed by atoms with van der Waals surface area (Å²) in [5.41, 5.74) is -1.73. The van der Waals surface area contributed by atoms with Crippen LogP contribution in [0.1, 0.15) is 121 Å². The lowest BCUT2D eigenvalue weighted by Crippen LogP contribution is -2.62. The molecule has 18 heteroatoms. The standard InChI is InChI=1S/C64H83N3O15/c1-14-49-64(10)54(66-61(72)82-64)39(4)51(68)37(2)34-63(9,74-31-23-24-43-33-46-29-21-22-30-47(46)65-36-43)55(81-60-53(48(67(11)12)32-38(3)75-60)79-58(70)44-25-17-15-18-26-44)40(5)52(41(6)57(69)77-49)78-50-35-62(8,73-13)56(42(7)76-50)80-59(71)45-27-19-16-20-28-45/h15-30,33,36-42,48-50,52-56,60H,14,31-32,34-35H2,1-13H3,(H,66,72)/b24-23+/t37-,38+,39-,40-,41+,42-,48-,49+,50?,52-,53+,54+,55+,56-,60?,62+,63-,64+/m0/s1. The normalized spacial score (nSPS) is 35.7. The van der Waals surface area contributed by atoms with Crippen LogP contribution in [0.25, 0.3) is 17.0 Å². The zero-order valence-electron chi connectivity index (χ0n) is 49.6. The van der Waals surface area contributed by atoms with Crippen LogP contribution in [0.5, 0.6) is 0 Å². The van der Waals surface area contributed by atoms with Crippen molar-refractivity contribution >= 4 is 46.8 Å². The fourth-order valence-electron chi connectivity index (χ4n) is 12.7. The number of nitrogens with one attached hydrogen (secondary N) is 1. The Labute approximate surface area is 482 Å². The van der Waals surface area contributed by atoms with E-state index in [0.717, 1.165) is 16.5 Å². The molecule has 0 saturated carbocycles. The van der Waals surface area contributed by atoms with Gasteiger partial charge in [-0.05, 0) is 117 Å². The summed E-state index contributed by atoms with van der Waals surface area (Å²) < 4.78 is 66.7. The summed E-state index contributed by atoms with van der Waals surface area (Å²) in [7, 11) is 5.34. The van der Waals surface area contributed by atoms with Crippen molar-refractivity contribution in [1.82, 2.24) is 15.2 Å². The Morgan fingerprint density at radius 2 is 1.43 bits per heavy atom. The molecule has 2 unspecified atom stereocenters. The molecule has 18 nitrogen and oxygen atoms in total. The minimum Gasteiger partial charge on any atom is -0.458 e. The van der Waals surface area contributed by atoms with E-state index in [1.807, 2.05) is 115 Å². The Balaban J connectivity index is 1.25. The maximum atomic E-state index is 15.2. The molecule has 1 amide bonds. The van der Waals surface area contributed by atoms with Gasteiger partial charge >= 0.3 is 24.0 Å². The molecule has 444 valence electrons. The smallest absolute Gasteiger partial charge is 0.408 e. The van der Waals surface area contributed by atoms with Gasteiger partial charge in [0.1, 0.15) is 17.5 Å². The van der Waals surface area contributed by atoms with Crippen molar-refractivity contribution in [2.24, 2.45) is 23.7 Å². The van der Waals surface area contributed by atoms with Gasteiger partial charge in [-0.2, -0.15) is 0 Å². The average Bonchev–Trinajstić information content (AvgIpc) is 3.75. The molecule has 0 bridgehead atoms. The number of methoxy groups -OCH3 is 1. The predicted molar refractivity (Wildman–Crippen MR) is 305 cm³/mol. The van der Waals surface area contributed by atoms with Crippen LogP contribution in [-0.4, -0.2) is 152 Å². The highest BCUT2D eigenvalue weighted by Gasteiger charge is 2.59. The van der Waals surface area contributed by atoms with Crippen LogP contribution in [0.15, 0.2) is 103 Å². The van der Waals surface area contributed by atoms with Crippen molar-refractivity contribution in [3.63, 3.8) is 0 Å². The molecule has 18 atom stereocenters. The Kier molecular flexibility index (Phi) is 19.8. The lowest BCUT2D eigenvalue weighted by molar-refractivity contribution is -0.319. The van der Waals surface area contributed by atoms with E-state index in [2.05, 4.69) is 10.3 Å². The van der Waals surface area contributed by atoms with E-state index in [1.165, 1.54) is 7.11 Å². The monoisotopic (exact) mass is 1130 g/mol. The third kappa shape index (κ3) is 13.6. The van der Waals surface area contributed by atoms with Crippen molar-refractivity contribution in [2.45, 2.75) is 179 Å². The molecular formula is C64H83N3O15. The van der Waals surface area contributed by atoms with Gasteiger partial charge in [0, 0.05) is 42.9 Å². The van der Waals surface area contributed by atoms with Gasteiger partial charge < -0.3 is 57.6 Å². The van der Waals surface area contributed by atoms with Gasteiger partial charge in [-0.25, -0.2) is 14.4 Å². The summed E-state index contributed by atoms with van der Waals surface area (Å²) in [4.78, 5) is 78.2. The van der Waals surface area contributed by atoms with Gasteiger partial charge in [-0.1, -0.05) is 94.4 Å². The lowest BCUT2D eigenvalue weighted by Gasteiger charge is -2.50. The molecule has 4 aliphatic heterocycles. The average molecular weight is 1130 g/mol. The third-order valence-electron chi connectivity index (χ3n) is 17.3. The zero-order chi connectivity index (χ0) is 59.3. The van der Waals surface area contributed by atoms with Crippen molar-refractivity contribution in [2.75, 3.05) is 27.8 Å². The van der Waals surface area contributed by atoms with Crippen LogP contribution in [0, 0.1) is 23.7 Å². The van der Waals surface area contributed by atoms with E-state index in [1.54, 1.807) is 82.4 Å². The molecule has 82 heavy (non-hydrogen) atoms. The number of ether oxygens (including phenoxy) is 10. The van der Waals surface area contributed by atoms with Gasteiger partial charge in [-0.3, -0.25) is 14.6 Å². The second-order valence-corrected chi connectivity index (χ2v) is 23.6. The number of carbonyl (C=O) groups is 5. The number of cyclic esters (lactones) is 1. The number of hydrogen-bond acceptors (Lipinski definition) is 17. The Morgan fingerprint density at radius 1 is 0.780 bits per heavy atom. The number of Topliss-reactive ketones (excluding diaryl/α,β-unsaturated/α-hetero) is 1. The molecule has 3 aromatic carbocycles. The van der Waals surface area contributed by atoms with E-state index < -0.39 is 132 Å². The summed E-state index contributed by atoms with van der Waals surface area (Å²) in [5, 5.41) is 3.85.